The van der Waals surface area contributed by atoms with Crippen LogP contribution in [0.25, 0.3) is 0 Å². The number of guanidine groups is 1. The molecule has 0 aromatic heterocycles. The summed E-state index contributed by atoms with van der Waals surface area (Å²) in [6.45, 7) is 0.509. The number of ether oxygens (including phenoxy) is 2. The van der Waals surface area contributed by atoms with Gasteiger partial charge in [-0.15, -0.1) is 24.0 Å². The lowest BCUT2D eigenvalue weighted by Gasteiger charge is -2.10. The van der Waals surface area contributed by atoms with Gasteiger partial charge in [-0.2, -0.15) is 0 Å². The average molecular weight is 477 g/mol. The Balaban J connectivity index is 0.00000338. The number of aliphatic imine (C=N–C) groups is 1. The smallest absolute Gasteiger partial charge is 0.188 e. The van der Waals surface area contributed by atoms with Gasteiger partial charge < -0.3 is 20.5 Å². The van der Waals surface area contributed by atoms with Crippen LogP contribution in [0.5, 0.6) is 11.5 Å². The van der Waals surface area contributed by atoms with Crippen molar-refractivity contribution >= 4 is 29.9 Å². The van der Waals surface area contributed by atoms with E-state index in [1.165, 1.54) is 0 Å². The molecule has 26 heavy (non-hydrogen) atoms. The van der Waals surface area contributed by atoms with Crippen LogP contribution in [0.15, 0.2) is 41.4 Å². The topological polar surface area (TPSA) is 68.9 Å². The Morgan fingerprint density at radius 1 is 1.08 bits per heavy atom. The zero-order valence-corrected chi connectivity index (χ0v) is 16.9. The normalized spacial score (nSPS) is 10.8. The van der Waals surface area contributed by atoms with E-state index < -0.39 is 11.6 Å². The molecule has 0 amide bonds. The van der Waals surface area contributed by atoms with Crippen molar-refractivity contribution in [2.75, 3.05) is 20.8 Å². The van der Waals surface area contributed by atoms with Crippen molar-refractivity contribution in [3.63, 3.8) is 0 Å². The van der Waals surface area contributed by atoms with Gasteiger partial charge >= 0.3 is 0 Å². The minimum absolute atomic E-state index is 0. The summed E-state index contributed by atoms with van der Waals surface area (Å²) in [7, 11) is 3.16. The Bertz CT molecular complexity index is 757. The minimum Gasteiger partial charge on any atom is -0.493 e. The molecular weight excluding hydrogens is 455 g/mol. The Morgan fingerprint density at radius 3 is 2.50 bits per heavy atom. The van der Waals surface area contributed by atoms with Crippen molar-refractivity contribution in [1.82, 2.24) is 5.32 Å². The van der Waals surface area contributed by atoms with Crippen molar-refractivity contribution in [2.24, 2.45) is 10.7 Å². The van der Waals surface area contributed by atoms with E-state index in [2.05, 4.69) is 10.3 Å². The molecule has 0 aliphatic rings. The first kappa shape index (κ1) is 21.9. The third-order valence-electron chi connectivity index (χ3n) is 3.60. The highest BCUT2D eigenvalue weighted by molar-refractivity contribution is 14.0. The molecule has 0 saturated heterocycles. The Labute approximate surface area is 168 Å². The summed E-state index contributed by atoms with van der Waals surface area (Å²) in [5, 5.41) is 2.94. The van der Waals surface area contributed by atoms with Gasteiger partial charge in [-0.3, -0.25) is 0 Å². The van der Waals surface area contributed by atoms with Crippen LogP contribution in [-0.4, -0.2) is 26.7 Å². The standard InChI is InChI=1S/C18H21F2N3O2.HI/c1-24-16-6-3-12(9-17(16)25-2)7-8-22-18(21)23-11-13-10-14(19)4-5-15(13)20;/h3-6,9-10H,7-8,11H2,1-2H3,(H3,21,22,23);1H. The van der Waals surface area contributed by atoms with Crippen LogP contribution in [0.3, 0.4) is 0 Å². The van der Waals surface area contributed by atoms with E-state index >= 15 is 0 Å². The van der Waals surface area contributed by atoms with Gasteiger partial charge in [0.05, 0.1) is 20.8 Å². The number of nitrogens with zero attached hydrogens (tertiary/aromatic N) is 1. The van der Waals surface area contributed by atoms with Crippen LogP contribution in [0, 0.1) is 11.6 Å². The average Bonchev–Trinajstić information content (AvgIpc) is 2.62. The van der Waals surface area contributed by atoms with Crippen LogP contribution in [0.1, 0.15) is 11.1 Å². The number of hydrogen-bond donors (Lipinski definition) is 2. The number of nitrogens with two attached hydrogens (primary N) is 1. The molecule has 0 unspecified atom stereocenters. The zero-order valence-electron chi connectivity index (χ0n) is 14.6. The molecule has 0 bridgehead atoms. The lowest BCUT2D eigenvalue weighted by atomic mass is 10.1. The molecule has 2 aromatic carbocycles. The van der Waals surface area contributed by atoms with Crippen molar-refractivity contribution in [1.29, 1.82) is 0 Å². The van der Waals surface area contributed by atoms with E-state index in [1.807, 2.05) is 18.2 Å². The first-order valence-electron chi connectivity index (χ1n) is 7.72. The highest BCUT2D eigenvalue weighted by Gasteiger charge is 2.05. The molecule has 0 radical (unpaired) electrons. The summed E-state index contributed by atoms with van der Waals surface area (Å²) in [5.74, 6) is 0.472. The third-order valence-corrected chi connectivity index (χ3v) is 3.60. The first-order chi connectivity index (χ1) is 12.0. The van der Waals surface area contributed by atoms with Gasteiger partial charge in [-0.05, 0) is 42.3 Å². The maximum atomic E-state index is 13.5. The largest absolute Gasteiger partial charge is 0.493 e. The highest BCUT2D eigenvalue weighted by atomic mass is 127. The molecule has 2 rings (SSSR count). The molecule has 8 heteroatoms. The number of rotatable bonds is 7. The van der Waals surface area contributed by atoms with E-state index in [0.717, 1.165) is 23.8 Å². The summed E-state index contributed by atoms with van der Waals surface area (Å²) in [4.78, 5) is 4.02. The predicted molar refractivity (Wildman–Crippen MR) is 108 cm³/mol. The summed E-state index contributed by atoms with van der Waals surface area (Å²) in [5.41, 5.74) is 6.95. The predicted octanol–water partition coefficient (Wildman–Crippen LogP) is 3.25. The first-order valence-corrected chi connectivity index (χ1v) is 7.72. The molecule has 142 valence electrons. The second-order valence-electron chi connectivity index (χ2n) is 5.30. The molecule has 5 nitrogen and oxygen atoms in total. The van der Waals surface area contributed by atoms with Crippen molar-refractivity contribution in [3.05, 3.63) is 59.2 Å². The fraction of sp³-hybridized carbons (Fsp3) is 0.278. The van der Waals surface area contributed by atoms with Gasteiger partial charge in [-0.25, -0.2) is 13.8 Å². The third kappa shape index (κ3) is 6.32. The monoisotopic (exact) mass is 477 g/mol. The maximum absolute atomic E-state index is 13.5. The number of hydrogen-bond acceptors (Lipinski definition) is 3. The number of benzene rings is 2. The molecule has 0 fully saturated rings. The summed E-state index contributed by atoms with van der Waals surface area (Å²) < 4.78 is 37.0. The van der Waals surface area contributed by atoms with E-state index in [0.29, 0.717) is 24.5 Å². The lowest BCUT2D eigenvalue weighted by Crippen LogP contribution is -2.33. The van der Waals surface area contributed by atoms with Crippen LogP contribution in [0.2, 0.25) is 0 Å². The van der Waals surface area contributed by atoms with Crippen LogP contribution >= 0.6 is 24.0 Å². The van der Waals surface area contributed by atoms with Crippen LogP contribution in [-0.2, 0) is 13.0 Å². The fourth-order valence-corrected chi connectivity index (χ4v) is 2.26. The quantitative estimate of drug-likeness (QED) is 0.365. The Kier molecular flexibility index (Phi) is 9.11. The second-order valence-corrected chi connectivity index (χ2v) is 5.30. The molecular formula is C18H22F2IN3O2. The van der Waals surface area contributed by atoms with Gasteiger partial charge in [0.15, 0.2) is 17.5 Å². The zero-order chi connectivity index (χ0) is 18.2. The molecule has 0 heterocycles. The van der Waals surface area contributed by atoms with Gasteiger partial charge in [-0.1, -0.05) is 6.07 Å². The number of nitrogens with one attached hydrogen (secondary N) is 1. The van der Waals surface area contributed by atoms with Crippen molar-refractivity contribution in [3.8, 4) is 11.5 Å². The van der Waals surface area contributed by atoms with Crippen LogP contribution < -0.4 is 20.5 Å². The SMILES string of the molecule is COc1ccc(CCNC(N)=NCc2cc(F)ccc2F)cc1OC.I. The molecule has 3 N–H and O–H groups in total. The van der Waals surface area contributed by atoms with E-state index in [4.69, 9.17) is 15.2 Å². The minimum atomic E-state index is -0.511. The highest BCUT2D eigenvalue weighted by Crippen LogP contribution is 2.27. The second kappa shape index (κ2) is 10.8. The molecule has 2 aromatic rings. The summed E-state index contributed by atoms with van der Waals surface area (Å²) >= 11 is 0. The lowest BCUT2D eigenvalue weighted by molar-refractivity contribution is 0.354. The molecule has 0 spiro atoms. The Morgan fingerprint density at radius 2 is 1.81 bits per heavy atom. The molecule has 0 atom stereocenters. The Hall–Kier alpha value is -2.10. The summed E-state index contributed by atoms with van der Waals surface area (Å²) in [6.07, 6.45) is 0.685. The van der Waals surface area contributed by atoms with E-state index in [1.54, 1.807) is 14.2 Å². The van der Waals surface area contributed by atoms with E-state index in [-0.39, 0.29) is 42.0 Å². The maximum Gasteiger partial charge on any atom is 0.188 e. The number of methoxy groups -OCH3 is 2. The van der Waals surface area contributed by atoms with Crippen molar-refractivity contribution in [2.45, 2.75) is 13.0 Å². The number of halogens is 3. The van der Waals surface area contributed by atoms with Crippen molar-refractivity contribution < 1.29 is 18.3 Å². The van der Waals surface area contributed by atoms with Crippen LogP contribution in [0.4, 0.5) is 8.78 Å². The molecule has 0 aliphatic carbocycles. The fourth-order valence-electron chi connectivity index (χ4n) is 2.26. The van der Waals surface area contributed by atoms with Gasteiger partial charge in [0, 0.05) is 12.1 Å². The van der Waals surface area contributed by atoms with Gasteiger partial charge in [0.2, 0.25) is 0 Å². The van der Waals surface area contributed by atoms with Gasteiger partial charge in [0.25, 0.3) is 0 Å². The van der Waals surface area contributed by atoms with Gasteiger partial charge in [0.1, 0.15) is 11.6 Å². The molecule has 0 aliphatic heterocycles. The summed E-state index contributed by atoms with van der Waals surface area (Å²) in [6, 6.07) is 8.89. The molecule has 0 saturated carbocycles. The van der Waals surface area contributed by atoms with E-state index in [9.17, 15) is 8.78 Å².